The van der Waals surface area contributed by atoms with Crippen molar-refractivity contribution in [3.8, 4) is 5.75 Å². The average molecular weight is 266 g/mol. The number of nitrogens with zero attached hydrogens (tertiary/aromatic N) is 1. The summed E-state index contributed by atoms with van der Waals surface area (Å²) in [6.07, 6.45) is 0. The number of hydrogen-bond donors (Lipinski definition) is 1. The van der Waals surface area contributed by atoms with Crippen molar-refractivity contribution in [2.75, 3.05) is 20.2 Å². The van der Waals surface area contributed by atoms with Crippen molar-refractivity contribution in [1.82, 2.24) is 10.2 Å². The third kappa shape index (κ3) is 2.54. The van der Waals surface area contributed by atoms with E-state index in [0.29, 0.717) is 0 Å². The van der Waals surface area contributed by atoms with Gasteiger partial charge in [-0.05, 0) is 12.1 Å². The number of carbonyl (C=O) groups excluding carboxylic acids is 3. The Bertz CT molecular complexity index is 543. The summed E-state index contributed by atoms with van der Waals surface area (Å²) in [6.45, 7) is -0.579. The second-order valence-electron chi connectivity index (χ2n) is 3.95. The minimum absolute atomic E-state index is 0.0587. The van der Waals surface area contributed by atoms with E-state index in [9.17, 15) is 18.8 Å². The molecule has 1 heterocycles. The number of carbonyl (C=O) groups is 3. The van der Waals surface area contributed by atoms with Crippen LogP contribution in [0.5, 0.6) is 5.75 Å². The molecule has 0 spiro atoms. The Kier molecular flexibility index (Phi) is 3.46. The molecule has 19 heavy (non-hydrogen) atoms. The fourth-order valence-corrected chi connectivity index (χ4v) is 1.82. The molecule has 100 valence electrons. The molecular formula is C12H11FN2O4. The Morgan fingerprint density at radius 2 is 1.95 bits per heavy atom. The van der Waals surface area contributed by atoms with Crippen LogP contribution < -0.4 is 10.1 Å². The van der Waals surface area contributed by atoms with Crippen molar-refractivity contribution < 1.29 is 23.5 Å². The molecule has 3 amide bonds. The average Bonchev–Trinajstić information content (AvgIpc) is 2.36. The monoisotopic (exact) mass is 266 g/mol. The van der Waals surface area contributed by atoms with Gasteiger partial charge in [0, 0.05) is 0 Å². The third-order valence-electron chi connectivity index (χ3n) is 2.64. The Hall–Kier alpha value is -2.44. The van der Waals surface area contributed by atoms with Gasteiger partial charge in [-0.25, -0.2) is 4.39 Å². The maximum absolute atomic E-state index is 13.7. The van der Waals surface area contributed by atoms with Crippen molar-refractivity contribution in [3.63, 3.8) is 0 Å². The summed E-state index contributed by atoms with van der Waals surface area (Å²) in [5.74, 6) is -2.65. The molecule has 7 heteroatoms. The molecule has 1 saturated heterocycles. The number of amides is 3. The number of ether oxygens (including phenoxy) is 1. The molecule has 0 atom stereocenters. The summed E-state index contributed by atoms with van der Waals surface area (Å²) in [5.41, 5.74) is -0.285. The summed E-state index contributed by atoms with van der Waals surface area (Å²) in [7, 11) is 1.31. The predicted molar refractivity (Wildman–Crippen MR) is 62.0 cm³/mol. The van der Waals surface area contributed by atoms with Crippen LogP contribution in [0.1, 0.15) is 10.4 Å². The largest absolute Gasteiger partial charge is 0.496 e. The molecule has 1 fully saturated rings. The zero-order valence-electron chi connectivity index (χ0n) is 10.1. The van der Waals surface area contributed by atoms with Gasteiger partial charge in [-0.15, -0.1) is 0 Å². The molecule has 0 aromatic heterocycles. The first-order valence-corrected chi connectivity index (χ1v) is 5.47. The van der Waals surface area contributed by atoms with E-state index in [1.165, 1.54) is 19.2 Å². The van der Waals surface area contributed by atoms with Crippen LogP contribution in [-0.4, -0.2) is 42.8 Å². The van der Waals surface area contributed by atoms with E-state index < -0.39 is 23.5 Å². The normalized spacial score (nSPS) is 15.2. The Labute approximate surface area is 108 Å². The van der Waals surface area contributed by atoms with Crippen LogP contribution in [-0.2, 0) is 9.59 Å². The SMILES string of the molecule is COc1cccc(F)c1C(=O)N1CC(=O)NC(=O)C1. The third-order valence-corrected chi connectivity index (χ3v) is 2.64. The van der Waals surface area contributed by atoms with Crippen molar-refractivity contribution in [3.05, 3.63) is 29.6 Å². The van der Waals surface area contributed by atoms with Crippen LogP contribution in [0.4, 0.5) is 4.39 Å². The first-order chi connectivity index (χ1) is 9.02. The lowest BCUT2D eigenvalue weighted by Crippen LogP contribution is -2.53. The lowest BCUT2D eigenvalue weighted by atomic mass is 10.1. The van der Waals surface area contributed by atoms with Gasteiger partial charge in [0.25, 0.3) is 5.91 Å². The van der Waals surface area contributed by atoms with Crippen molar-refractivity contribution in [1.29, 1.82) is 0 Å². The zero-order chi connectivity index (χ0) is 14.0. The molecular weight excluding hydrogens is 255 g/mol. The number of imide groups is 1. The van der Waals surface area contributed by atoms with Crippen LogP contribution in [0.3, 0.4) is 0 Å². The molecule has 1 aromatic rings. The fraction of sp³-hybridized carbons (Fsp3) is 0.250. The molecule has 1 aromatic carbocycles. The number of hydrogen-bond acceptors (Lipinski definition) is 4. The summed E-state index contributed by atoms with van der Waals surface area (Å²) in [5, 5.41) is 2.06. The van der Waals surface area contributed by atoms with Crippen LogP contribution in [0, 0.1) is 5.82 Å². The number of benzene rings is 1. The van der Waals surface area contributed by atoms with Gasteiger partial charge in [0.1, 0.15) is 30.2 Å². The molecule has 6 nitrogen and oxygen atoms in total. The van der Waals surface area contributed by atoms with Crippen LogP contribution >= 0.6 is 0 Å². The first kappa shape index (κ1) is 13.0. The van der Waals surface area contributed by atoms with Gasteiger partial charge in [0.05, 0.1) is 7.11 Å². The topological polar surface area (TPSA) is 75.7 Å². The van der Waals surface area contributed by atoms with E-state index in [1.807, 2.05) is 0 Å². The molecule has 0 radical (unpaired) electrons. The van der Waals surface area contributed by atoms with Crippen LogP contribution in [0.25, 0.3) is 0 Å². The van der Waals surface area contributed by atoms with Gasteiger partial charge in [-0.1, -0.05) is 6.07 Å². The van der Waals surface area contributed by atoms with E-state index in [2.05, 4.69) is 5.32 Å². The van der Waals surface area contributed by atoms with E-state index in [0.717, 1.165) is 11.0 Å². The molecule has 1 N–H and O–H groups in total. The molecule has 2 rings (SSSR count). The highest BCUT2D eigenvalue weighted by Gasteiger charge is 2.30. The summed E-state index contributed by atoms with van der Waals surface area (Å²) in [6, 6.07) is 3.95. The Balaban J connectivity index is 2.34. The fourth-order valence-electron chi connectivity index (χ4n) is 1.82. The number of halogens is 1. The highest BCUT2D eigenvalue weighted by atomic mass is 19.1. The van der Waals surface area contributed by atoms with Gasteiger partial charge in [0.2, 0.25) is 11.8 Å². The number of methoxy groups -OCH3 is 1. The standard InChI is InChI=1S/C12H11FN2O4/c1-19-8-4-2-3-7(13)11(8)12(18)15-5-9(16)14-10(17)6-15/h2-4H,5-6H2,1H3,(H,14,16,17). The Morgan fingerprint density at radius 3 is 2.53 bits per heavy atom. The summed E-state index contributed by atoms with van der Waals surface area (Å²) >= 11 is 0. The molecule has 1 aliphatic rings. The van der Waals surface area contributed by atoms with Crippen molar-refractivity contribution >= 4 is 17.7 Å². The van der Waals surface area contributed by atoms with Gasteiger partial charge >= 0.3 is 0 Å². The van der Waals surface area contributed by atoms with Crippen molar-refractivity contribution in [2.24, 2.45) is 0 Å². The second-order valence-corrected chi connectivity index (χ2v) is 3.95. The van der Waals surface area contributed by atoms with Crippen LogP contribution in [0.15, 0.2) is 18.2 Å². The van der Waals surface area contributed by atoms with E-state index in [-0.39, 0.29) is 24.4 Å². The van der Waals surface area contributed by atoms with E-state index in [1.54, 1.807) is 0 Å². The van der Waals surface area contributed by atoms with E-state index in [4.69, 9.17) is 4.74 Å². The number of piperazine rings is 1. The number of rotatable bonds is 2. The summed E-state index contributed by atoms with van der Waals surface area (Å²) in [4.78, 5) is 35.6. The maximum Gasteiger partial charge on any atom is 0.261 e. The molecule has 0 bridgehead atoms. The lowest BCUT2D eigenvalue weighted by Gasteiger charge is -2.26. The molecule has 1 aliphatic heterocycles. The Morgan fingerprint density at radius 1 is 1.32 bits per heavy atom. The second kappa shape index (κ2) is 5.05. The quantitative estimate of drug-likeness (QED) is 0.760. The van der Waals surface area contributed by atoms with Gasteiger partial charge in [-0.3, -0.25) is 19.7 Å². The zero-order valence-corrected chi connectivity index (χ0v) is 10.1. The van der Waals surface area contributed by atoms with Gasteiger partial charge < -0.3 is 9.64 Å². The highest BCUT2D eigenvalue weighted by molar-refractivity contribution is 6.06. The minimum Gasteiger partial charge on any atom is -0.496 e. The predicted octanol–water partition coefficient (Wildman–Crippen LogP) is -0.0671. The van der Waals surface area contributed by atoms with Crippen molar-refractivity contribution in [2.45, 2.75) is 0 Å². The smallest absolute Gasteiger partial charge is 0.261 e. The van der Waals surface area contributed by atoms with Crippen LogP contribution in [0.2, 0.25) is 0 Å². The van der Waals surface area contributed by atoms with E-state index >= 15 is 0 Å². The minimum atomic E-state index is -0.761. The molecule has 0 saturated carbocycles. The molecule has 0 aliphatic carbocycles. The first-order valence-electron chi connectivity index (χ1n) is 5.47. The van der Waals surface area contributed by atoms with Gasteiger partial charge in [0.15, 0.2) is 0 Å². The lowest BCUT2D eigenvalue weighted by molar-refractivity contribution is -0.135. The molecule has 0 unspecified atom stereocenters. The van der Waals surface area contributed by atoms with Gasteiger partial charge in [-0.2, -0.15) is 0 Å². The number of nitrogens with one attached hydrogen (secondary N) is 1. The summed E-state index contributed by atoms with van der Waals surface area (Å²) < 4.78 is 18.6. The maximum atomic E-state index is 13.7. The highest BCUT2D eigenvalue weighted by Crippen LogP contribution is 2.23.